The van der Waals surface area contributed by atoms with E-state index in [1.807, 2.05) is 4.90 Å². The zero-order chi connectivity index (χ0) is 22.4. The average molecular weight is 428 g/mol. The van der Waals surface area contributed by atoms with E-state index >= 15 is 0 Å². The minimum atomic E-state index is -0.461. The molecule has 168 valence electrons. The number of hydrogen-bond acceptors (Lipinski definition) is 5. The molecular weight excluding hydrogens is 394 g/mol. The second-order valence-corrected chi connectivity index (χ2v) is 8.73. The van der Waals surface area contributed by atoms with Crippen LogP contribution in [0.1, 0.15) is 70.8 Å². The fourth-order valence-electron chi connectivity index (χ4n) is 4.35. The molecule has 31 heavy (non-hydrogen) atoms. The number of piperidine rings is 1. The van der Waals surface area contributed by atoms with E-state index in [-0.39, 0.29) is 17.5 Å². The second-order valence-electron chi connectivity index (χ2n) is 8.73. The van der Waals surface area contributed by atoms with Gasteiger partial charge in [-0.05, 0) is 42.9 Å². The lowest BCUT2D eigenvalue weighted by Gasteiger charge is -2.32. The van der Waals surface area contributed by atoms with Gasteiger partial charge in [0.25, 0.3) is 17.5 Å². The smallest absolute Gasteiger partial charge is 0.277 e. The van der Waals surface area contributed by atoms with Gasteiger partial charge in [-0.3, -0.25) is 24.6 Å². The fourth-order valence-corrected chi connectivity index (χ4v) is 4.35. The molecule has 0 unspecified atom stereocenters. The maximum atomic E-state index is 13.3. The summed E-state index contributed by atoms with van der Waals surface area (Å²) in [5.74, 6) is 0.105. The largest absolute Gasteiger partial charge is 0.366 e. The van der Waals surface area contributed by atoms with Gasteiger partial charge in [-0.2, -0.15) is 0 Å². The number of likely N-dealkylation sites (tertiary alicyclic amines) is 1. The molecule has 0 aliphatic carbocycles. The lowest BCUT2D eigenvalue weighted by molar-refractivity contribution is -0.384. The van der Waals surface area contributed by atoms with Crippen molar-refractivity contribution in [2.75, 3.05) is 19.6 Å². The first kappa shape index (κ1) is 23.0. The van der Waals surface area contributed by atoms with Crippen LogP contribution in [0, 0.1) is 16.0 Å². The van der Waals surface area contributed by atoms with Crippen molar-refractivity contribution in [3.8, 4) is 0 Å². The van der Waals surface area contributed by atoms with E-state index in [2.05, 4.69) is 13.8 Å². The third-order valence-corrected chi connectivity index (χ3v) is 6.35. The molecule has 1 saturated heterocycles. The van der Waals surface area contributed by atoms with Crippen LogP contribution in [0.3, 0.4) is 0 Å². The molecule has 0 N–H and O–H groups in total. The number of nitrogens with zero attached hydrogens (tertiary/aromatic N) is 3. The number of carbonyl (C=O) groups excluding carboxylic acids is 2. The van der Waals surface area contributed by atoms with E-state index < -0.39 is 4.92 Å². The van der Waals surface area contributed by atoms with Crippen molar-refractivity contribution in [2.24, 2.45) is 5.92 Å². The fraction of sp³-hybridized carbons (Fsp3) is 0.583. The molecule has 7 heteroatoms. The van der Waals surface area contributed by atoms with Crippen LogP contribution in [0.15, 0.2) is 30.0 Å². The summed E-state index contributed by atoms with van der Waals surface area (Å²) in [4.78, 5) is 40.6. The molecule has 2 amide bonds. The number of amides is 2. The molecule has 0 spiro atoms. The first-order valence-electron chi connectivity index (χ1n) is 11.5. The van der Waals surface area contributed by atoms with E-state index in [1.165, 1.54) is 36.3 Å². The molecule has 7 nitrogen and oxygen atoms in total. The van der Waals surface area contributed by atoms with Crippen molar-refractivity contribution in [3.63, 3.8) is 0 Å². The first-order chi connectivity index (χ1) is 14.9. The molecule has 1 aromatic rings. The molecule has 2 aliphatic heterocycles. The van der Waals surface area contributed by atoms with Crippen molar-refractivity contribution in [3.05, 3.63) is 45.6 Å². The first-order valence-corrected chi connectivity index (χ1v) is 11.5. The predicted molar refractivity (Wildman–Crippen MR) is 120 cm³/mol. The van der Waals surface area contributed by atoms with Crippen LogP contribution in [0.4, 0.5) is 5.69 Å². The van der Waals surface area contributed by atoms with Crippen LogP contribution in [0.5, 0.6) is 0 Å². The Morgan fingerprint density at radius 2 is 1.58 bits per heavy atom. The number of hydrogen-bond donors (Lipinski definition) is 0. The SMILES string of the molecule is CCCCCCCCN1C(=O)C(c2ccc([N+](=O)[O-])cc2)=C(N2CCC(C)CC2)C1=O. The van der Waals surface area contributed by atoms with Gasteiger partial charge in [-0.25, -0.2) is 0 Å². The summed E-state index contributed by atoms with van der Waals surface area (Å²) in [6.45, 7) is 6.30. The molecule has 1 fully saturated rings. The maximum absolute atomic E-state index is 13.3. The highest BCUT2D eigenvalue weighted by atomic mass is 16.6. The molecule has 0 atom stereocenters. The molecule has 0 radical (unpaired) electrons. The van der Waals surface area contributed by atoms with Crippen LogP contribution < -0.4 is 0 Å². The summed E-state index contributed by atoms with van der Waals surface area (Å²) in [7, 11) is 0. The number of rotatable bonds is 10. The summed E-state index contributed by atoms with van der Waals surface area (Å²) >= 11 is 0. The summed E-state index contributed by atoms with van der Waals surface area (Å²) in [5, 5.41) is 11.0. The van der Waals surface area contributed by atoms with Crippen molar-refractivity contribution >= 4 is 23.1 Å². The maximum Gasteiger partial charge on any atom is 0.277 e. The number of nitro groups is 1. The van der Waals surface area contributed by atoms with E-state index in [0.29, 0.717) is 29.3 Å². The number of unbranched alkanes of at least 4 members (excludes halogenated alkanes) is 5. The molecule has 0 bridgehead atoms. The van der Waals surface area contributed by atoms with Gasteiger partial charge < -0.3 is 4.90 Å². The Bertz CT molecular complexity index is 839. The summed E-state index contributed by atoms with van der Waals surface area (Å²) in [6.07, 6.45) is 8.46. The van der Waals surface area contributed by atoms with Gasteiger partial charge in [0.1, 0.15) is 5.70 Å². The van der Waals surface area contributed by atoms with Gasteiger partial charge in [0.2, 0.25) is 0 Å². The Kier molecular flexibility index (Phi) is 7.82. The summed E-state index contributed by atoms with van der Waals surface area (Å²) < 4.78 is 0. The molecular formula is C24H33N3O4. The zero-order valence-electron chi connectivity index (χ0n) is 18.6. The molecule has 2 aliphatic rings. The zero-order valence-corrected chi connectivity index (χ0v) is 18.6. The third kappa shape index (κ3) is 5.32. The summed E-state index contributed by atoms with van der Waals surface area (Å²) in [5.41, 5.74) is 1.40. The Balaban J connectivity index is 1.82. The Hall–Kier alpha value is -2.70. The minimum absolute atomic E-state index is 0.0293. The number of benzene rings is 1. The normalized spacial score (nSPS) is 17.7. The predicted octanol–water partition coefficient (Wildman–Crippen LogP) is 4.77. The minimum Gasteiger partial charge on any atom is -0.366 e. The number of non-ortho nitro benzene ring substituents is 1. The lowest BCUT2D eigenvalue weighted by Crippen LogP contribution is -2.38. The highest BCUT2D eigenvalue weighted by Gasteiger charge is 2.41. The van der Waals surface area contributed by atoms with E-state index in [9.17, 15) is 19.7 Å². The third-order valence-electron chi connectivity index (χ3n) is 6.35. The second kappa shape index (κ2) is 10.6. The van der Waals surface area contributed by atoms with Gasteiger partial charge in [0, 0.05) is 31.8 Å². The standard InChI is InChI=1S/C24H33N3O4/c1-3-4-5-6-7-8-15-26-23(28)21(19-9-11-20(12-10-19)27(30)31)22(24(26)29)25-16-13-18(2)14-17-25/h9-12,18H,3-8,13-17H2,1-2H3. The highest BCUT2D eigenvalue weighted by Crippen LogP contribution is 2.34. The van der Waals surface area contributed by atoms with Crippen LogP contribution >= 0.6 is 0 Å². The van der Waals surface area contributed by atoms with Crippen molar-refractivity contribution in [1.82, 2.24) is 9.80 Å². The molecule has 3 rings (SSSR count). The average Bonchev–Trinajstić information content (AvgIpc) is 3.01. The van der Waals surface area contributed by atoms with Gasteiger partial charge in [0.15, 0.2) is 0 Å². The van der Waals surface area contributed by atoms with Gasteiger partial charge in [-0.15, -0.1) is 0 Å². The van der Waals surface area contributed by atoms with Crippen molar-refractivity contribution in [2.45, 2.75) is 65.2 Å². The van der Waals surface area contributed by atoms with Gasteiger partial charge in [0.05, 0.1) is 10.5 Å². The molecule has 0 saturated carbocycles. The van der Waals surface area contributed by atoms with E-state index in [1.54, 1.807) is 12.1 Å². The summed E-state index contributed by atoms with van der Waals surface area (Å²) in [6, 6.07) is 5.96. The van der Waals surface area contributed by atoms with Gasteiger partial charge in [-0.1, -0.05) is 46.0 Å². The topological polar surface area (TPSA) is 83.8 Å². The van der Waals surface area contributed by atoms with E-state index in [0.717, 1.165) is 45.2 Å². The van der Waals surface area contributed by atoms with E-state index in [4.69, 9.17) is 0 Å². The Morgan fingerprint density at radius 3 is 2.19 bits per heavy atom. The van der Waals surface area contributed by atoms with Crippen molar-refractivity contribution < 1.29 is 14.5 Å². The number of carbonyl (C=O) groups is 2. The number of imide groups is 1. The monoisotopic (exact) mass is 427 g/mol. The molecule has 0 aromatic heterocycles. The van der Waals surface area contributed by atoms with Gasteiger partial charge >= 0.3 is 0 Å². The van der Waals surface area contributed by atoms with Crippen LogP contribution in [0.25, 0.3) is 5.57 Å². The lowest BCUT2D eigenvalue weighted by atomic mass is 9.97. The van der Waals surface area contributed by atoms with Crippen LogP contribution in [-0.4, -0.2) is 46.2 Å². The van der Waals surface area contributed by atoms with Crippen LogP contribution in [0.2, 0.25) is 0 Å². The molecule has 1 aromatic carbocycles. The molecule has 2 heterocycles. The Labute approximate surface area is 184 Å². The van der Waals surface area contributed by atoms with Crippen LogP contribution in [-0.2, 0) is 9.59 Å². The number of nitro benzene ring substituents is 1. The van der Waals surface area contributed by atoms with Crippen molar-refractivity contribution in [1.29, 1.82) is 0 Å². The quantitative estimate of drug-likeness (QED) is 0.232. The Morgan fingerprint density at radius 1 is 0.968 bits per heavy atom. The highest BCUT2D eigenvalue weighted by molar-refractivity contribution is 6.35.